The number of aromatic nitrogens is 1. The van der Waals surface area contributed by atoms with Crippen LogP contribution in [0.25, 0.3) is 0 Å². The number of pyridine rings is 1. The van der Waals surface area contributed by atoms with Gasteiger partial charge >= 0.3 is 0 Å². The van der Waals surface area contributed by atoms with Crippen LogP contribution in [0.3, 0.4) is 0 Å². The Morgan fingerprint density at radius 3 is 2.53 bits per heavy atom. The number of amidine groups is 1. The van der Waals surface area contributed by atoms with Gasteiger partial charge < -0.3 is 10.5 Å². The zero-order valence-corrected chi connectivity index (χ0v) is 11.3. The van der Waals surface area contributed by atoms with Crippen molar-refractivity contribution in [3.8, 4) is 11.6 Å². The lowest BCUT2D eigenvalue weighted by molar-refractivity contribution is 0.457. The lowest BCUT2D eigenvalue weighted by Crippen LogP contribution is -2.13. The normalized spacial score (nSPS) is 10.3. The van der Waals surface area contributed by atoms with Crippen molar-refractivity contribution in [3.05, 3.63) is 52.7 Å². The van der Waals surface area contributed by atoms with Gasteiger partial charge in [0.05, 0.1) is 5.56 Å². The summed E-state index contributed by atoms with van der Waals surface area (Å²) >= 11 is 0. The molecule has 4 heteroatoms. The fourth-order valence-corrected chi connectivity index (χ4v) is 1.83. The van der Waals surface area contributed by atoms with E-state index in [4.69, 9.17) is 15.9 Å². The molecule has 0 saturated carbocycles. The highest BCUT2D eigenvalue weighted by Gasteiger charge is 2.11. The summed E-state index contributed by atoms with van der Waals surface area (Å²) in [5, 5.41) is 7.56. The highest BCUT2D eigenvalue weighted by molar-refractivity contribution is 5.97. The molecular weight excluding hydrogens is 238 g/mol. The summed E-state index contributed by atoms with van der Waals surface area (Å²) in [5.41, 5.74) is 9.07. The van der Waals surface area contributed by atoms with Crippen LogP contribution >= 0.6 is 0 Å². The van der Waals surface area contributed by atoms with Gasteiger partial charge in [-0.05, 0) is 44.5 Å². The monoisotopic (exact) mass is 255 g/mol. The number of nitrogens with zero attached hydrogens (tertiary/aromatic N) is 1. The number of nitrogens with one attached hydrogen (secondary N) is 1. The smallest absolute Gasteiger partial charge is 0.230 e. The maximum absolute atomic E-state index is 7.56. The zero-order valence-electron chi connectivity index (χ0n) is 11.3. The van der Waals surface area contributed by atoms with Gasteiger partial charge in [0, 0.05) is 5.69 Å². The minimum Gasteiger partial charge on any atom is -0.438 e. The Balaban J connectivity index is 2.42. The number of hydrogen-bond acceptors (Lipinski definition) is 3. The lowest BCUT2D eigenvalue weighted by Gasteiger charge is -2.12. The van der Waals surface area contributed by atoms with Crippen LogP contribution in [-0.4, -0.2) is 10.8 Å². The molecule has 0 atom stereocenters. The minimum absolute atomic E-state index is 0.0488. The summed E-state index contributed by atoms with van der Waals surface area (Å²) in [6.07, 6.45) is 0. The van der Waals surface area contributed by atoms with E-state index in [1.54, 1.807) is 6.07 Å². The van der Waals surface area contributed by atoms with Gasteiger partial charge in [0.1, 0.15) is 11.6 Å². The molecule has 19 heavy (non-hydrogen) atoms. The van der Waals surface area contributed by atoms with Crippen molar-refractivity contribution in [2.24, 2.45) is 5.73 Å². The summed E-state index contributed by atoms with van der Waals surface area (Å²) in [6, 6.07) is 9.48. The first-order valence-corrected chi connectivity index (χ1v) is 6.04. The Kier molecular flexibility index (Phi) is 3.51. The molecule has 0 amide bonds. The van der Waals surface area contributed by atoms with E-state index >= 15 is 0 Å². The van der Waals surface area contributed by atoms with Crippen LogP contribution in [0, 0.1) is 26.2 Å². The van der Waals surface area contributed by atoms with Crippen molar-refractivity contribution in [2.75, 3.05) is 0 Å². The van der Waals surface area contributed by atoms with E-state index in [9.17, 15) is 0 Å². The quantitative estimate of drug-likeness (QED) is 0.654. The molecule has 1 heterocycles. The van der Waals surface area contributed by atoms with Gasteiger partial charge in [0.25, 0.3) is 0 Å². The predicted molar refractivity (Wildman–Crippen MR) is 76.0 cm³/mol. The van der Waals surface area contributed by atoms with Gasteiger partial charge in [-0.15, -0.1) is 0 Å². The molecule has 0 unspecified atom stereocenters. The lowest BCUT2D eigenvalue weighted by atomic mass is 10.1. The van der Waals surface area contributed by atoms with E-state index in [2.05, 4.69) is 4.98 Å². The summed E-state index contributed by atoms with van der Waals surface area (Å²) in [4.78, 5) is 4.31. The molecule has 2 rings (SSSR count). The van der Waals surface area contributed by atoms with Crippen LogP contribution in [0.2, 0.25) is 0 Å². The minimum atomic E-state index is -0.0488. The van der Waals surface area contributed by atoms with E-state index in [-0.39, 0.29) is 5.84 Å². The molecule has 4 nitrogen and oxygen atoms in total. The topological polar surface area (TPSA) is 72.0 Å². The molecule has 0 fully saturated rings. The van der Waals surface area contributed by atoms with Crippen molar-refractivity contribution in [1.29, 1.82) is 5.41 Å². The SMILES string of the molecule is Cc1ccc(Oc2nc(C)ccc2C(=N)N)c(C)c1. The van der Waals surface area contributed by atoms with Crippen LogP contribution in [0.5, 0.6) is 11.6 Å². The molecule has 2 aromatic rings. The molecule has 0 aliphatic heterocycles. The third kappa shape index (κ3) is 2.91. The molecule has 1 aromatic heterocycles. The number of nitrogens with two attached hydrogens (primary N) is 1. The van der Waals surface area contributed by atoms with Gasteiger partial charge in [-0.1, -0.05) is 17.7 Å². The predicted octanol–water partition coefficient (Wildman–Crippen LogP) is 3.08. The van der Waals surface area contributed by atoms with E-state index < -0.39 is 0 Å². The molecule has 0 bridgehead atoms. The number of rotatable bonds is 3. The Morgan fingerprint density at radius 1 is 1.16 bits per heavy atom. The summed E-state index contributed by atoms with van der Waals surface area (Å²) in [7, 11) is 0. The van der Waals surface area contributed by atoms with E-state index in [0.717, 1.165) is 17.0 Å². The fourth-order valence-electron chi connectivity index (χ4n) is 1.83. The molecule has 0 aliphatic carbocycles. The summed E-state index contributed by atoms with van der Waals surface area (Å²) in [5.74, 6) is 1.05. The number of hydrogen-bond donors (Lipinski definition) is 2. The fraction of sp³-hybridized carbons (Fsp3) is 0.200. The second kappa shape index (κ2) is 5.10. The molecule has 0 radical (unpaired) electrons. The van der Waals surface area contributed by atoms with Crippen LogP contribution in [0.15, 0.2) is 30.3 Å². The molecule has 3 N–H and O–H groups in total. The van der Waals surface area contributed by atoms with Gasteiger partial charge in [-0.3, -0.25) is 5.41 Å². The van der Waals surface area contributed by atoms with Crippen molar-refractivity contribution in [2.45, 2.75) is 20.8 Å². The molecule has 1 aromatic carbocycles. The second-order valence-electron chi connectivity index (χ2n) is 4.59. The summed E-state index contributed by atoms with van der Waals surface area (Å²) < 4.78 is 5.81. The van der Waals surface area contributed by atoms with Gasteiger partial charge in [0.15, 0.2) is 0 Å². The van der Waals surface area contributed by atoms with Crippen molar-refractivity contribution in [3.63, 3.8) is 0 Å². The number of nitrogen functional groups attached to an aromatic ring is 1. The Hall–Kier alpha value is -2.36. The summed E-state index contributed by atoms with van der Waals surface area (Å²) in [6.45, 7) is 5.88. The van der Waals surface area contributed by atoms with Gasteiger partial charge in [0.2, 0.25) is 5.88 Å². The highest BCUT2D eigenvalue weighted by Crippen LogP contribution is 2.27. The second-order valence-corrected chi connectivity index (χ2v) is 4.59. The number of benzene rings is 1. The maximum atomic E-state index is 7.56. The molecule has 0 saturated heterocycles. The van der Waals surface area contributed by atoms with Crippen molar-refractivity contribution < 1.29 is 4.74 Å². The Labute approximate surface area is 112 Å². The van der Waals surface area contributed by atoms with Crippen molar-refractivity contribution in [1.82, 2.24) is 4.98 Å². The van der Waals surface area contributed by atoms with Crippen LogP contribution in [0.1, 0.15) is 22.4 Å². The first-order valence-electron chi connectivity index (χ1n) is 6.04. The number of aryl methyl sites for hydroxylation is 3. The van der Waals surface area contributed by atoms with Crippen LogP contribution in [0.4, 0.5) is 0 Å². The number of ether oxygens (including phenoxy) is 1. The van der Waals surface area contributed by atoms with Gasteiger partial charge in [-0.2, -0.15) is 0 Å². The van der Waals surface area contributed by atoms with Gasteiger partial charge in [-0.25, -0.2) is 4.98 Å². The van der Waals surface area contributed by atoms with Crippen LogP contribution in [-0.2, 0) is 0 Å². The average molecular weight is 255 g/mol. The van der Waals surface area contributed by atoms with Crippen molar-refractivity contribution >= 4 is 5.84 Å². The molecule has 0 aliphatic rings. The largest absolute Gasteiger partial charge is 0.438 e. The Morgan fingerprint density at radius 2 is 1.89 bits per heavy atom. The molecular formula is C15H17N3O. The standard InChI is InChI=1S/C15H17N3O/c1-9-4-7-13(10(2)8-9)19-15-12(14(16)17)6-5-11(3)18-15/h4-8H,1-3H3,(H3,16,17). The molecule has 98 valence electrons. The van der Waals surface area contributed by atoms with Crippen LogP contribution < -0.4 is 10.5 Å². The average Bonchev–Trinajstić information content (AvgIpc) is 2.32. The van der Waals surface area contributed by atoms with E-state index in [1.165, 1.54) is 5.56 Å². The first-order chi connectivity index (χ1) is 8.97. The zero-order chi connectivity index (χ0) is 14.0. The maximum Gasteiger partial charge on any atom is 0.230 e. The molecule has 0 spiro atoms. The third-order valence-electron chi connectivity index (χ3n) is 2.83. The first kappa shape index (κ1) is 13.1. The Bertz CT molecular complexity index is 635. The highest BCUT2D eigenvalue weighted by atomic mass is 16.5. The van der Waals surface area contributed by atoms with E-state index in [0.29, 0.717) is 11.4 Å². The third-order valence-corrected chi connectivity index (χ3v) is 2.83. The van der Waals surface area contributed by atoms with E-state index in [1.807, 2.05) is 45.0 Å².